The highest BCUT2D eigenvalue weighted by Gasteiger charge is 2.16. The van der Waals surface area contributed by atoms with Crippen molar-refractivity contribution in [1.82, 2.24) is 5.32 Å². The summed E-state index contributed by atoms with van der Waals surface area (Å²) in [4.78, 5) is 0. The fraction of sp³-hybridized carbons (Fsp3) is 0.333. The second kappa shape index (κ2) is 7.08. The number of hydrogen-bond donors (Lipinski definition) is 1. The Hall–Kier alpha value is -0.640. The molecule has 1 N–H and O–H groups in total. The van der Waals surface area contributed by atoms with Gasteiger partial charge in [0.25, 0.3) is 0 Å². The maximum atomic E-state index is 3.67. The lowest BCUT2D eigenvalue weighted by Crippen LogP contribution is -2.20. The Morgan fingerprint density at radius 1 is 1.00 bits per heavy atom. The van der Waals surface area contributed by atoms with Gasteiger partial charge in [-0.05, 0) is 74.7 Å². The minimum absolute atomic E-state index is 0.289. The molecule has 0 saturated carbocycles. The van der Waals surface area contributed by atoms with Gasteiger partial charge in [-0.15, -0.1) is 0 Å². The lowest BCUT2D eigenvalue weighted by Gasteiger charge is -2.21. The van der Waals surface area contributed by atoms with Crippen LogP contribution in [0.3, 0.4) is 0 Å². The number of halogens is 2. The summed E-state index contributed by atoms with van der Waals surface area (Å²) >= 11 is 7.24. The molecular weight excluding hydrogens is 390 g/mol. The van der Waals surface area contributed by atoms with Crippen LogP contribution in [0, 0.1) is 20.8 Å². The zero-order valence-electron chi connectivity index (χ0n) is 12.9. The summed E-state index contributed by atoms with van der Waals surface area (Å²) in [6, 6.07) is 11.2. The average molecular weight is 411 g/mol. The lowest BCUT2D eigenvalue weighted by molar-refractivity contribution is 0.586. The largest absolute Gasteiger partial charge is 0.313 e. The Kier molecular flexibility index (Phi) is 5.64. The minimum atomic E-state index is 0.289. The number of benzene rings is 2. The predicted molar refractivity (Wildman–Crippen MR) is 98.0 cm³/mol. The van der Waals surface area contributed by atoms with Crippen molar-refractivity contribution in [2.75, 3.05) is 7.05 Å². The first-order chi connectivity index (χ1) is 9.92. The van der Waals surface area contributed by atoms with E-state index in [0.717, 1.165) is 15.4 Å². The molecule has 21 heavy (non-hydrogen) atoms. The molecule has 0 radical (unpaired) electrons. The summed E-state index contributed by atoms with van der Waals surface area (Å²) in [5, 5.41) is 3.45. The first-order valence-corrected chi connectivity index (χ1v) is 8.70. The van der Waals surface area contributed by atoms with Crippen molar-refractivity contribution in [2.24, 2.45) is 0 Å². The van der Waals surface area contributed by atoms with Gasteiger partial charge in [-0.2, -0.15) is 0 Å². The van der Waals surface area contributed by atoms with E-state index in [-0.39, 0.29) is 6.04 Å². The van der Waals surface area contributed by atoms with Crippen molar-refractivity contribution in [3.63, 3.8) is 0 Å². The van der Waals surface area contributed by atoms with Crippen molar-refractivity contribution in [1.29, 1.82) is 0 Å². The normalized spacial score (nSPS) is 12.5. The maximum absolute atomic E-state index is 3.67. The molecule has 3 heteroatoms. The molecule has 0 heterocycles. The van der Waals surface area contributed by atoms with Gasteiger partial charge in [0.15, 0.2) is 0 Å². The molecule has 1 unspecified atom stereocenters. The highest BCUT2D eigenvalue weighted by Crippen LogP contribution is 2.30. The standard InChI is InChI=1S/C18H21Br2N/c1-11-7-12(2)15(13(3)8-11)10-18(21-4)16-9-14(19)5-6-17(16)20/h5-9,18,21H,10H2,1-4H3. The first-order valence-electron chi connectivity index (χ1n) is 7.11. The molecule has 2 aromatic carbocycles. The number of nitrogens with one attached hydrogen (secondary N) is 1. The van der Waals surface area contributed by atoms with Crippen LogP contribution in [0.4, 0.5) is 0 Å². The summed E-state index contributed by atoms with van der Waals surface area (Å²) in [5.41, 5.74) is 6.80. The van der Waals surface area contributed by atoms with E-state index >= 15 is 0 Å². The average Bonchev–Trinajstić information content (AvgIpc) is 2.41. The molecule has 1 atom stereocenters. The quantitative estimate of drug-likeness (QED) is 0.687. The van der Waals surface area contributed by atoms with Gasteiger partial charge in [0.05, 0.1) is 0 Å². The van der Waals surface area contributed by atoms with Crippen molar-refractivity contribution in [2.45, 2.75) is 33.2 Å². The molecule has 1 nitrogen and oxygen atoms in total. The minimum Gasteiger partial charge on any atom is -0.313 e. The summed E-state index contributed by atoms with van der Waals surface area (Å²) < 4.78 is 2.26. The zero-order chi connectivity index (χ0) is 15.6. The Bertz CT molecular complexity index is 627. The molecule has 0 aliphatic carbocycles. The van der Waals surface area contributed by atoms with Gasteiger partial charge >= 0.3 is 0 Å². The van der Waals surface area contributed by atoms with Crippen LogP contribution in [-0.2, 0) is 6.42 Å². The van der Waals surface area contributed by atoms with Gasteiger partial charge in [0.1, 0.15) is 0 Å². The molecule has 0 fully saturated rings. The molecule has 0 bridgehead atoms. The summed E-state index contributed by atoms with van der Waals surface area (Å²) in [7, 11) is 2.02. The van der Waals surface area contributed by atoms with Crippen molar-refractivity contribution >= 4 is 31.9 Å². The smallest absolute Gasteiger partial charge is 0.0370 e. The van der Waals surface area contributed by atoms with E-state index in [2.05, 4.69) is 88.3 Å². The monoisotopic (exact) mass is 409 g/mol. The van der Waals surface area contributed by atoms with Crippen LogP contribution in [0.1, 0.15) is 33.9 Å². The third kappa shape index (κ3) is 3.97. The van der Waals surface area contributed by atoms with Crippen LogP contribution in [0.25, 0.3) is 0 Å². The molecule has 0 saturated heterocycles. The topological polar surface area (TPSA) is 12.0 Å². The number of aryl methyl sites for hydroxylation is 3. The van der Waals surface area contributed by atoms with Crippen molar-refractivity contribution in [3.05, 3.63) is 67.1 Å². The molecule has 2 rings (SSSR count). The second-order valence-corrected chi connectivity index (χ2v) is 7.36. The fourth-order valence-corrected chi connectivity index (χ4v) is 3.79. The molecule has 112 valence electrons. The van der Waals surface area contributed by atoms with Crippen LogP contribution in [0.5, 0.6) is 0 Å². The molecule has 0 aromatic heterocycles. The van der Waals surface area contributed by atoms with Crippen LogP contribution >= 0.6 is 31.9 Å². The second-order valence-electron chi connectivity index (χ2n) is 5.59. The van der Waals surface area contributed by atoms with Gasteiger partial charge in [-0.1, -0.05) is 49.6 Å². The number of hydrogen-bond acceptors (Lipinski definition) is 1. The molecule has 0 aliphatic rings. The van der Waals surface area contributed by atoms with Crippen molar-refractivity contribution < 1.29 is 0 Å². The van der Waals surface area contributed by atoms with Crippen LogP contribution in [0.15, 0.2) is 39.3 Å². The van der Waals surface area contributed by atoms with Crippen LogP contribution in [0.2, 0.25) is 0 Å². The third-order valence-corrected chi connectivity index (χ3v) is 5.15. The number of rotatable bonds is 4. The number of likely N-dealkylation sites (N-methyl/N-ethyl adjacent to an activating group) is 1. The molecule has 0 spiro atoms. The summed E-state index contributed by atoms with van der Waals surface area (Å²) in [5.74, 6) is 0. The van der Waals surface area contributed by atoms with E-state index in [4.69, 9.17) is 0 Å². The molecule has 2 aromatic rings. The molecular formula is C18H21Br2N. The highest BCUT2D eigenvalue weighted by atomic mass is 79.9. The van der Waals surface area contributed by atoms with E-state index in [0.29, 0.717) is 0 Å². The summed E-state index contributed by atoms with van der Waals surface area (Å²) in [6.45, 7) is 6.57. The third-order valence-electron chi connectivity index (χ3n) is 3.93. The Morgan fingerprint density at radius 2 is 1.62 bits per heavy atom. The Balaban J connectivity index is 2.38. The van der Waals surface area contributed by atoms with E-state index in [9.17, 15) is 0 Å². The van der Waals surface area contributed by atoms with Crippen molar-refractivity contribution in [3.8, 4) is 0 Å². The van der Waals surface area contributed by atoms with E-state index in [1.54, 1.807) is 0 Å². The van der Waals surface area contributed by atoms with Gasteiger partial charge in [-0.3, -0.25) is 0 Å². The van der Waals surface area contributed by atoms with Crippen LogP contribution in [-0.4, -0.2) is 7.05 Å². The lowest BCUT2D eigenvalue weighted by atomic mass is 9.92. The zero-order valence-corrected chi connectivity index (χ0v) is 16.1. The Morgan fingerprint density at radius 3 is 2.19 bits per heavy atom. The van der Waals surface area contributed by atoms with Gasteiger partial charge < -0.3 is 5.32 Å². The van der Waals surface area contributed by atoms with Gasteiger partial charge in [-0.25, -0.2) is 0 Å². The first kappa shape index (κ1) is 16.7. The summed E-state index contributed by atoms with van der Waals surface area (Å²) in [6.07, 6.45) is 0.990. The van der Waals surface area contributed by atoms with E-state index in [1.165, 1.54) is 27.8 Å². The van der Waals surface area contributed by atoms with Gasteiger partial charge in [0, 0.05) is 15.0 Å². The maximum Gasteiger partial charge on any atom is 0.0370 e. The highest BCUT2D eigenvalue weighted by molar-refractivity contribution is 9.11. The molecule has 0 aliphatic heterocycles. The van der Waals surface area contributed by atoms with Gasteiger partial charge in [0.2, 0.25) is 0 Å². The SMILES string of the molecule is CNC(Cc1c(C)cc(C)cc1C)c1cc(Br)ccc1Br. The predicted octanol–water partition coefficient (Wildman–Crippen LogP) is 5.64. The van der Waals surface area contributed by atoms with Crippen LogP contribution < -0.4 is 5.32 Å². The Labute approximate surface area is 144 Å². The molecule has 0 amide bonds. The van der Waals surface area contributed by atoms with E-state index < -0.39 is 0 Å². The van der Waals surface area contributed by atoms with E-state index in [1.807, 2.05) is 7.05 Å². The fourth-order valence-electron chi connectivity index (χ4n) is 2.89.